The first-order chi connectivity index (χ1) is 8.13. The summed E-state index contributed by atoms with van der Waals surface area (Å²) in [6.07, 6.45) is 0. The molecule has 0 unspecified atom stereocenters. The largest absolute Gasteiger partial charge is 0.216 e. The van der Waals surface area contributed by atoms with E-state index < -0.39 is 0 Å². The van der Waals surface area contributed by atoms with E-state index in [4.69, 9.17) is 5.26 Å². The summed E-state index contributed by atoms with van der Waals surface area (Å²) in [5, 5.41) is 16.7. The summed E-state index contributed by atoms with van der Waals surface area (Å²) in [4.78, 5) is 0. The number of nitriles is 1. The van der Waals surface area contributed by atoms with E-state index in [2.05, 4.69) is 10.3 Å². The van der Waals surface area contributed by atoms with Crippen LogP contribution in [0.3, 0.4) is 0 Å². The van der Waals surface area contributed by atoms with Crippen LogP contribution in [0.2, 0.25) is 0 Å². The maximum Gasteiger partial charge on any atom is 0.186 e. The summed E-state index contributed by atoms with van der Waals surface area (Å²) in [5.41, 5.74) is 1.74. The van der Waals surface area contributed by atoms with Gasteiger partial charge in [-0.25, -0.2) is 9.07 Å². The van der Waals surface area contributed by atoms with E-state index in [-0.39, 0.29) is 11.7 Å². The second kappa shape index (κ2) is 4.34. The third-order valence-electron chi connectivity index (χ3n) is 2.43. The molecule has 1 heterocycles. The quantitative estimate of drug-likeness (QED) is 0.796. The van der Waals surface area contributed by atoms with Gasteiger partial charge in [0, 0.05) is 0 Å². The molecule has 0 atom stereocenters. The molecule has 0 aliphatic carbocycles. The van der Waals surface area contributed by atoms with Crippen molar-refractivity contribution in [2.45, 2.75) is 19.8 Å². The molecule has 0 N–H and O–H groups in total. The van der Waals surface area contributed by atoms with Gasteiger partial charge in [0.1, 0.15) is 11.9 Å². The smallest absolute Gasteiger partial charge is 0.186 e. The molecule has 86 valence electrons. The van der Waals surface area contributed by atoms with Crippen LogP contribution in [-0.4, -0.2) is 15.0 Å². The van der Waals surface area contributed by atoms with Gasteiger partial charge in [0.2, 0.25) is 0 Å². The Kier molecular flexibility index (Phi) is 2.88. The van der Waals surface area contributed by atoms with Gasteiger partial charge in [-0.3, -0.25) is 0 Å². The van der Waals surface area contributed by atoms with Gasteiger partial charge in [-0.2, -0.15) is 5.26 Å². The lowest BCUT2D eigenvalue weighted by molar-refractivity contribution is 0.626. The third-order valence-corrected chi connectivity index (χ3v) is 2.43. The molecule has 0 radical (unpaired) electrons. The van der Waals surface area contributed by atoms with E-state index in [0.717, 1.165) is 5.69 Å². The topological polar surface area (TPSA) is 54.5 Å². The minimum absolute atomic E-state index is 0.115. The second-order valence-corrected chi connectivity index (χ2v) is 3.98. The Balaban J connectivity index is 2.56. The van der Waals surface area contributed by atoms with Crippen LogP contribution in [-0.2, 0) is 0 Å². The molecule has 0 aliphatic heterocycles. The number of halogens is 1. The molecule has 17 heavy (non-hydrogen) atoms. The number of nitrogens with zero attached hydrogens (tertiary/aromatic N) is 4. The maximum atomic E-state index is 12.8. The average molecular weight is 230 g/mol. The second-order valence-electron chi connectivity index (χ2n) is 3.98. The van der Waals surface area contributed by atoms with E-state index in [1.54, 1.807) is 16.8 Å². The molecule has 4 nitrogen and oxygen atoms in total. The highest BCUT2D eigenvalue weighted by Gasteiger charge is 2.16. The zero-order valence-corrected chi connectivity index (χ0v) is 9.55. The molecule has 0 spiro atoms. The molecule has 0 aliphatic rings. The summed E-state index contributed by atoms with van der Waals surface area (Å²) < 4.78 is 14.4. The average Bonchev–Trinajstić information content (AvgIpc) is 2.73. The summed E-state index contributed by atoms with van der Waals surface area (Å²) in [7, 11) is 0. The van der Waals surface area contributed by atoms with Crippen LogP contribution < -0.4 is 0 Å². The van der Waals surface area contributed by atoms with Crippen molar-refractivity contribution in [2.24, 2.45) is 0 Å². The van der Waals surface area contributed by atoms with Crippen LogP contribution >= 0.6 is 0 Å². The Labute approximate surface area is 98.3 Å². The predicted octanol–water partition coefficient (Wildman–Crippen LogP) is 2.40. The van der Waals surface area contributed by atoms with Crippen molar-refractivity contribution in [3.05, 3.63) is 41.5 Å². The van der Waals surface area contributed by atoms with Gasteiger partial charge in [-0.05, 0) is 30.2 Å². The summed E-state index contributed by atoms with van der Waals surface area (Å²) >= 11 is 0. The molecule has 2 aromatic rings. The molecule has 0 amide bonds. The Morgan fingerprint density at radius 1 is 1.29 bits per heavy atom. The summed E-state index contributed by atoms with van der Waals surface area (Å²) in [6, 6.07) is 7.93. The molecule has 1 aromatic heterocycles. The van der Waals surface area contributed by atoms with Crippen LogP contribution in [0.1, 0.15) is 31.2 Å². The SMILES string of the molecule is CC(C)c1c(C#N)nnn1-c1ccc(F)cc1. The fourth-order valence-corrected chi connectivity index (χ4v) is 1.66. The lowest BCUT2D eigenvalue weighted by Gasteiger charge is -2.08. The number of rotatable bonds is 2. The van der Waals surface area contributed by atoms with Crippen molar-refractivity contribution >= 4 is 0 Å². The number of hydrogen-bond acceptors (Lipinski definition) is 3. The van der Waals surface area contributed by atoms with Crippen molar-refractivity contribution < 1.29 is 4.39 Å². The van der Waals surface area contributed by atoms with Crippen LogP contribution in [0.4, 0.5) is 4.39 Å². The van der Waals surface area contributed by atoms with Crippen molar-refractivity contribution in [1.82, 2.24) is 15.0 Å². The van der Waals surface area contributed by atoms with Crippen molar-refractivity contribution in [1.29, 1.82) is 5.26 Å². The molecular weight excluding hydrogens is 219 g/mol. The molecule has 0 bridgehead atoms. The fourth-order valence-electron chi connectivity index (χ4n) is 1.66. The normalized spacial score (nSPS) is 10.5. The molecule has 0 saturated heterocycles. The van der Waals surface area contributed by atoms with Gasteiger partial charge in [0.05, 0.1) is 11.4 Å². The number of aromatic nitrogens is 3. The van der Waals surface area contributed by atoms with Gasteiger partial charge < -0.3 is 0 Å². The van der Waals surface area contributed by atoms with Crippen LogP contribution in [0, 0.1) is 17.1 Å². The molecule has 2 rings (SSSR count). The van der Waals surface area contributed by atoms with E-state index in [0.29, 0.717) is 11.4 Å². The zero-order valence-electron chi connectivity index (χ0n) is 9.55. The third kappa shape index (κ3) is 2.02. The Morgan fingerprint density at radius 2 is 1.94 bits per heavy atom. The molecule has 1 aromatic carbocycles. The van der Waals surface area contributed by atoms with E-state index in [1.807, 2.05) is 19.9 Å². The number of hydrogen-bond donors (Lipinski definition) is 0. The molecular formula is C12H11FN4. The van der Waals surface area contributed by atoms with Crippen LogP contribution in [0.5, 0.6) is 0 Å². The van der Waals surface area contributed by atoms with Gasteiger partial charge >= 0.3 is 0 Å². The first kappa shape index (κ1) is 11.3. The molecule has 0 fully saturated rings. The lowest BCUT2D eigenvalue weighted by Crippen LogP contribution is -2.04. The fraction of sp³-hybridized carbons (Fsp3) is 0.250. The van der Waals surface area contributed by atoms with Gasteiger partial charge in [-0.1, -0.05) is 19.1 Å². The summed E-state index contributed by atoms with van der Waals surface area (Å²) in [5.74, 6) is -0.190. The Hall–Kier alpha value is -2.22. The van der Waals surface area contributed by atoms with Crippen molar-refractivity contribution in [3.63, 3.8) is 0 Å². The first-order valence-corrected chi connectivity index (χ1v) is 5.25. The van der Waals surface area contributed by atoms with E-state index in [1.165, 1.54) is 12.1 Å². The zero-order chi connectivity index (χ0) is 12.4. The standard InChI is InChI=1S/C12H11FN4/c1-8(2)12-11(7-14)15-16-17(12)10-5-3-9(13)4-6-10/h3-6,8H,1-2H3. The highest BCUT2D eigenvalue weighted by atomic mass is 19.1. The van der Waals surface area contributed by atoms with Crippen LogP contribution in [0.25, 0.3) is 5.69 Å². The monoisotopic (exact) mass is 230 g/mol. The highest BCUT2D eigenvalue weighted by molar-refractivity contribution is 5.37. The minimum atomic E-state index is -0.305. The predicted molar refractivity (Wildman–Crippen MR) is 60.1 cm³/mol. The minimum Gasteiger partial charge on any atom is -0.216 e. The maximum absolute atomic E-state index is 12.8. The lowest BCUT2D eigenvalue weighted by atomic mass is 10.1. The van der Waals surface area contributed by atoms with Gasteiger partial charge in [-0.15, -0.1) is 5.10 Å². The van der Waals surface area contributed by atoms with Crippen LogP contribution in [0.15, 0.2) is 24.3 Å². The van der Waals surface area contributed by atoms with E-state index >= 15 is 0 Å². The van der Waals surface area contributed by atoms with Crippen molar-refractivity contribution in [3.8, 4) is 11.8 Å². The Bertz CT molecular complexity index is 563. The molecule has 5 heteroatoms. The Morgan fingerprint density at radius 3 is 2.47 bits per heavy atom. The van der Waals surface area contributed by atoms with E-state index in [9.17, 15) is 4.39 Å². The summed E-state index contributed by atoms with van der Waals surface area (Å²) in [6.45, 7) is 3.92. The molecule has 0 saturated carbocycles. The first-order valence-electron chi connectivity index (χ1n) is 5.25. The van der Waals surface area contributed by atoms with Gasteiger partial charge in [0.15, 0.2) is 5.69 Å². The van der Waals surface area contributed by atoms with Gasteiger partial charge in [0.25, 0.3) is 0 Å². The number of benzene rings is 1. The highest BCUT2D eigenvalue weighted by Crippen LogP contribution is 2.20. The van der Waals surface area contributed by atoms with Crippen molar-refractivity contribution in [2.75, 3.05) is 0 Å².